The van der Waals surface area contributed by atoms with E-state index < -0.39 is 0 Å². The third-order valence-electron chi connectivity index (χ3n) is 16.0. The van der Waals surface area contributed by atoms with E-state index in [0.29, 0.717) is 23.3 Å². The molecule has 7 heteroatoms. The average molecular weight is 1110 g/mol. The van der Waals surface area contributed by atoms with E-state index >= 15 is 0 Å². The quantitative estimate of drug-likeness (QED) is 0.137. The molecule has 392 valence electrons. The second-order valence-electron chi connectivity index (χ2n) is 21.1. The predicted octanol–water partition coefficient (Wildman–Crippen LogP) is 21.2. The molecule has 0 fully saturated rings. The van der Waals surface area contributed by atoms with Crippen molar-refractivity contribution < 1.29 is 0 Å². The van der Waals surface area contributed by atoms with E-state index in [-0.39, 0.29) is 0 Å². The molecule has 0 saturated heterocycles. The van der Waals surface area contributed by atoms with Crippen LogP contribution in [0.5, 0.6) is 0 Å². The number of hydrogen-bond donors (Lipinski definition) is 0. The molecular formula is C77H47N5S2. The number of fused-ring (bicyclic) bond motifs is 7. The highest BCUT2D eigenvalue weighted by atomic mass is 32.1. The Balaban J connectivity index is 0.676. The Morgan fingerprint density at radius 1 is 0.179 bits per heavy atom. The number of hydrogen-bond acceptors (Lipinski definition) is 7. The van der Waals surface area contributed by atoms with Crippen molar-refractivity contribution in [1.29, 1.82) is 0 Å². The zero-order chi connectivity index (χ0) is 55.5. The molecule has 0 radical (unpaired) electrons. The van der Waals surface area contributed by atoms with E-state index in [1.54, 1.807) is 0 Å². The van der Waals surface area contributed by atoms with Gasteiger partial charge in [-0.2, -0.15) is 0 Å². The highest BCUT2D eigenvalue weighted by Gasteiger charge is 2.18. The van der Waals surface area contributed by atoms with Crippen LogP contribution < -0.4 is 0 Å². The van der Waals surface area contributed by atoms with Crippen LogP contribution in [0.3, 0.4) is 0 Å². The van der Waals surface area contributed by atoms with Gasteiger partial charge >= 0.3 is 0 Å². The standard InChI is InChI=1S/C77H47N5S2/c1-4-15-51(16-5-1)68-47-69(79-74(78-68)52-17-6-2-7-18-52)63-40-39-60(61-23-10-11-24-62(61)63)50-31-27-48(28-32-50)56-36-41-72-67(44-56)65-38-35-58(46-73(65)84-72)49-29-33-54(34-30-49)76-80-75(53-19-8-3-9-20-53)81-77(82-76)59-22-14-21-55(43-59)57-37-42-71-66(45-57)64-25-12-13-26-70(64)83-71/h1-47H. The van der Waals surface area contributed by atoms with E-state index in [2.05, 4.69) is 243 Å². The summed E-state index contributed by atoms with van der Waals surface area (Å²) in [6.45, 7) is 0. The summed E-state index contributed by atoms with van der Waals surface area (Å²) in [5, 5.41) is 7.40. The fourth-order valence-corrected chi connectivity index (χ4v) is 13.9. The van der Waals surface area contributed by atoms with Crippen LogP contribution in [0.4, 0.5) is 0 Å². The van der Waals surface area contributed by atoms with Crippen LogP contribution in [0.2, 0.25) is 0 Å². The maximum atomic E-state index is 5.18. The first-order valence-electron chi connectivity index (χ1n) is 28.1. The molecule has 5 nitrogen and oxygen atoms in total. The molecule has 0 aliphatic heterocycles. The number of benzene rings is 12. The Hall–Kier alpha value is -10.6. The van der Waals surface area contributed by atoms with Crippen LogP contribution >= 0.6 is 22.7 Å². The lowest BCUT2D eigenvalue weighted by Gasteiger charge is -2.14. The lowest BCUT2D eigenvalue weighted by Crippen LogP contribution is -2.00. The summed E-state index contributed by atoms with van der Waals surface area (Å²) in [6, 6.07) is 101. The fourth-order valence-electron chi connectivity index (χ4n) is 11.7. The Kier molecular flexibility index (Phi) is 12.2. The van der Waals surface area contributed by atoms with Crippen LogP contribution in [-0.4, -0.2) is 24.9 Å². The molecule has 4 aromatic heterocycles. The molecule has 0 atom stereocenters. The zero-order valence-corrected chi connectivity index (χ0v) is 46.8. The fraction of sp³-hybridized carbons (Fsp3) is 0. The van der Waals surface area contributed by atoms with Gasteiger partial charge in [0.15, 0.2) is 23.3 Å². The molecule has 16 aromatic rings. The first kappa shape index (κ1) is 49.3. The van der Waals surface area contributed by atoms with Crippen LogP contribution in [0.1, 0.15) is 0 Å². The maximum Gasteiger partial charge on any atom is 0.164 e. The van der Waals surface area contributed by atoms with Crippen LogP contribution in [-0.2, 0) is 0 Å². The van der Waals surface area contributed by atoms with E-state index in [1.807, 2.05) is 65.1 Å². The van der Waals surface area contributed by atoms with Gasteiger partial charge in [0.2, 0.25) is 0 Å². The minimum Gasteiger partial charge on any atom is -0.228 e. The molecule has 4 heterocycles. The second kappa shape index (κ2) is 20.8. The van der Waals surface area contributed by atoms with Crippen molar-refractivity contribution in [3.8, 4) is 113 Å². The summed E-state index contributed by atoms with van der Waals surface area (Å²) in [4.78, 5) is 25.5. The molecule has 0 unspecified atom stereocenters. The van der Waals surface area contributed by atoms with E-state index in [0.717, 1.165) is 78.0 Å². The molecule has 84 heavy (non-hydrogen) atoms. The number of nitrogens with zero attached hydrogens (tertiary/aromatic N) is 5. The zero-order valence-electron chi connectivity index (χ0n) is 45.2. The van der Waals surface area contributed by atoms with Gasteiger partial charge in [-0.3, -0.25) is 0 Å². The summed E-state index contributed by atoms with van der Waals surface area (Å²) < 4.78 is 5.11. The van der Waals surface area contributed by atoms with Gasteiger partial charge in [0.05, 0.1) is 11.4 Å². The summed E-state index contributed by atoms with van der Waals surface area (Å²) in [6.07, 6.45) is 0. The molecule has 0 amide bonds. The average Bonchev–Trinajstić information content (AvgIpc) is 3.63. The highest BCUT2D eigenvalue weighted by molar-refractivity contribution is 7.26. The molecule has 12 aromatic carbocycles. The maximum absolute atomic E-state index is 5.18. The minimum atomic E-state index is 0.630. The number of aromatic nitrogens is 5. The third kappa shape index (κ3) is 9.09. The molecule has 0 spiro atoms. The molecule has 0 aliphatic rings. The van der Waals surface area contributed by atoms with Gasteiger partial charge in [-0.25, -0.2) is 24.9 Å². The minimum absolute atomic E-state index is 0.630. The lowest BCUT2D eigenvalue weighted by molar-refractivity contribution is 1.07. The number of thiophene rings is 2. The summed E-state index contributed by atoms with van der Waals surface area (Å²) in [7, 11) is 0. The van der Waals surface area contributed by atoms with Crippen molar-refractivity contribution in [3.05, 3.63) is 285 Å². The molecule has 0 saturated carbocycles. The van der Waals surface area contributed by atoms with Gasteiger partial charge in [-0.05, 0) is 104 Å². The van der Waals surface area contributed by atoms with Crippen molar-refractivity contribution in [3.63, 3.8) is 0 Å². The van der Waals surface area contributed by atoms with Crippen LogP contribution in [0, 0.1) is 0 Å². The molecule has 0 N–H and O–H groups in total. The first-order chi connectivity index (χ1) is 41.6. The van der Waals surface area contributed by atoms with Crippen molar-refractivity contribution in [1.82, 2.24) is 24.9 Å². The van der Waals surface area contributed by atoms with Crippen molar-refractivity contribution in [2.24, 2.45) is 0 Å². The summed E-state index contributed by atoms with van der Waals surface area (Å²) in [5.41, 5.74) is 17.0. The monoisotopic (exact) mass is 1110 g/mol. The summed E-state index contributed by atoms with van der Waals surface area (Å²) in [5.74, 6) is 2.61. The van der Waals surface area contributed by atoms with Gasteiger partial charge in [-0.1, -0.05) is 237 Å². The number of rotatable bonds is 10. The SMILES string of the molecule is c1ccc(-c2cc(-c3ccc(-c4ccc(-c5ccc6sc7cc(-c8ccc(-c9nc(-c%10ccccc%10)nc(-c%10cccc(-c%11ccc%12sc%13ccccc%13c%12c%11)c%10)n9)cc8)ccc7c6c5)cc4)c4ccccc34)nc(-c3ccccc3)n2)cc1. The Morgan fingerprint density at radius 3 is 1.23 bits per heavy atom. The van der Waals surface area contributed by atoms with Crippen LogP contribution in [0.25, 0.3) is 164 Å². The van der Waals surface area contributed by atoms with Gasteiger partial charge < -0.3 is 0 Å². The van der Waals surface area contributed by atoms with E-state index in [9.17, 15) is 0 Å². The van der Waals surface area contributed by atoms with Gasteiger partial charge in [-0.15, -0.1) is 22.7 Å². The van der Waals surface area contributed by atoms with E-state index in [4.69, 9.17) is 24.9 Å². The molecule has 0 bridgehead atoms. The van der Waals surface area contributed by atoms with Crippen molar-refractivity contribution in [2.75, 3.05) is 0 Å². The highest BCUT2D eigenvalue weighted by Crippen LogP contribution is 2.42. The topological polar surface area (TPSA) is 64.5 Å². The van der Waals surface area contributed by atoms with Gasteiger partial charge in [0, 0.05) is 73.7 Å². The van der Waals surface area contributed by atoms with Crippen molar-refractivity contribution >= 4 is 73.8 Å². The summed E-state index contributed by atoms with van der Waals surface area (Å²) >= 11 is 3.67. The Morgan fingerprint density at radius 2 is 0.571 bits per heavy atom. The normalized spacial score (nSPS) is 11.6. The second-order valence-corrected chi connectivity index (χ2v) is 23.3. The lowest BCUT2D eigenvalue weighted by atomic mass is 9.92. The Bertz CT molecular complexity index is 5110. The van der Waals surface area contributed by atoms with Crippen LogP contribution in [0.15, 0.2) is 285 Å². The molecular weight excluding hydrogens is 1060 g/mol. The molecule has 16 rings (SSSR count). The van der Waals surface area contributed by atoms with Gasteiger partial charge in [0.25, 0.3) is 0 Å². The third-order valence-corrected chi connectivity index (χ3v) is 18.3. The Labute approximate surface area is 493 Å². The largest absolute Gasteiger partial charge is 0.228 e. The predicted molar refractivity (Wildman–Crippen MR) is 353 cm³/mol. The molecule has 0 aliphatic carbocycles. The van der Waals surface area contributed by atoms with Crippen molar-refractivity contribution in [2.45, 2.75) is 0 Å². The van der Waals surface area contributed by atoms with E-state index in [1.165, 1.54) is 62.4 Å². The smallest absolute Gasteiger partial charge is 0.164 e. The van der Waals surface area contributed by atoms with Gasteiger partial charge in [0.1, 0.15) is 0 Å². The first-order valence-corrected chi connectivity index (χ1v) is 29.7.